The Morgan fingerprint density at radius 1 is 1.32 bits per heavy atom. The maximum Gasteiger partial charge on any atom is 0.338 e. The molecule has 9 heteroatoms. The lowest BCUT2D eigenvalue weighted by molar-refractivity contribution is -0.136. The Kier molecular flexibility index (Phi) is 11.6. The smallest absolute Gasteiger partial charge is 0.338 e. The Morgan fingerprint density at radius 2 is 2.12 bits per heavy atom. The number of unbranched alkanes of at least 4 members (excludes halogenated alkanes) is 1. The topological polar surface area (TPSA) is 109 Å². The van der Waals surface area contributed by atoms with Crippen molar-refractivity contribution in [3.63, 3.8) is 0 Å². The first-order valence-corrected chi connectivity index (χ1v) is 11.9. The van der Waals surface area contributed by atoms with Gasteiger partial charge in [0.1, 0.15) is 5.75 Å². The van der Waals surface area contributed by atoms with Gasteiger partial charge in [-0.2, -0.15) is 0 Å². The maximum atomic E-state index is 12.6. The van der Waals surface area contributed by atoms with E-state index in [0.29, 0.717) is 37.2 Å². The van der Waals surface area contributed by atoms with Crippen molar-refractivity contribution in [3.8, 4) is 5.75 Å². The molecule has 34 heavy (non-hydrogen) atoms. The molecule has 0 aromatic heterocycles. The summed E-state index contributed by atoms with van der Waals surface area (Å²) in [7, 11) is 0. The van der Waals surface area contributed by atoms with Gasteiger partial charge < -0.3 is 24.7 Å². The average molecular weight is 493 g/mol. The molecule has 1 aliphatic heterocycles. The lowest BCUT2D eigenvalue weighted by Crippen LogP contribution is -2.34. The number of rotatable bonds is 7. The molecular formula is C25H33ClN2O6. The first kappa shape index (κ1) is 27.4. The molecule has 1 amide bonds. The third-order valence-corrected chi connectivity index (χ3v) is 5.67. The summed E-state index contributed by atoms with van der Waals surface area (Å²) in [5.41, 5.74) is 0.897. The number of esters is 1. The van der Waals surface area contributed by atoms with Gasteiger partial charge in [0.2, 0.25) is 0 Å². The van der Waals surface area contributed by atoms with Crippen LogP contribution in [0.3, 0.4) is 0 Å². The molecule has 1 atom stereocenters. The molecule has 1 aromatic rings. The first-order valence-electron chi connectivity index (χ1n) is 11.5. The molecule has 2 rings (SSSR count). The fraction of sp³-hybridized carbons (Fsp3) is 0.480. The number of aromatic hydroxyl groups is 1. The fourth-order valence-corrected chi connectivity index (χ4v) is 3.55. The number of allylic oxidation sites excluding steroid dienone is 1. The zero-order valence-corrected chi connectivity index (χ0v) is 20.5. The Morgan fingerprint density at radius 3 is 2.85 bits per heavy atom. The second kappa shape index (κ2) is 14.4. The number of nitrogens with zero attached hydrogens (tertiary/aromatic N) is 2. The van der Waals surface area contributed by atoms with E-state index in [1.54, 1.807) is 29.2 Å². The van der Waals surface area contributed by atoms with Crippen molar-refractivity contribution in [2.75, 3.05) is 26.3 Å². The summed E-state index contributed by atoms with van der Waals surface area (Å²) in [6.07, 6.45) is 8.73. The summed E-state index contributed by atoms with van der Waals surface area (Å²) >= 11 is 6.32. The Labute approximate surface area is 205 Å². The third kappa shape index (κ3) is 8.50. The number of cyclic esters (lactones) is 1. The number of likely N-dealkylation sites (N-methyl/N-ethyl adjacent to an activating group) is 1. The molecule has 1 aromatic carbocycles. The highest BCUT2D eigenvalue weighted by Gasteiger charge is 2.20. The van der Waals surface area contributed by atoms with Crippen LogP contribution in [0.5, 0.6) is 5.75 Å². The van der Waals surface area contributed by atoms with Crippen LogP contribution in [0.4, 0.5) is 0 Å². The largest absolute Gasteiger partial charge is 0.506 e. The van der Waals surface area contributed by atoms with Gasteiger partial charge in [-0.05, 0) is 50.0 Å². The van der Waals surface area contributed by atoms with Gasteiger partial charge in [-0.25, -0.2) is 4.79 Å². The second-order valence-corrected chi connectivity index (χ2v) is 8.22. The number of aliphatic hydroxyl groups is 1. The Balaban J connectivity index is 2.30. The lowest BCUT2D eigenvalue weighted by atomic mass is 10.0. The van der Waals surface area contributed by atoms with Crippen molar-refractivity contribution in [1.29, 1.82) is 0 Å². The number of oxime groups is 1. The number of phenolic OH excluding ortho intramolecular Hbond substituents is 1. The number of amides is 1. The number of carbonyl (C=O) groups is 2. The van der Waals surface area contributed by atoms with Crippen molar-refractivity contribution in [3.05, 3.63) is 52.6 Å². The molecule has 0 spiro atoms. The molecule has 1 heterocycles. The summed E-state index contributed by atoms with van der Waals surface area (Å²) < 4.78 is 5.31. The number of hydrogen-bond acceptors (Lipinski definition) is 7. The molecule has 186 valence electrons. The van der Waals surface area contributed by atoms with Crippen molar-refractivity contribution < 1.29 is 29.4 Å². The van der Waals surface area contributed by atoms with E-state index in [0.717, 1.165) is 12.8 Å². The van der Waals surface area contributed by atoms with Crippen LogP contribution in [0.25, 0.3) is 0 Å². The highest BCUT2D eigenvalue weighted by molar-refractivity contribution is 6.33. The van der Waals surface area contributed by atoms with E-state index < -0.39 is 12.1 Å². The van der Waals surface area contributed by atoms with Crippen LogP contribution >= 0.6 is 11.6 Å². The normalized spacial score (nSPS) is 20.1. The minimum Gasteiger partial charge on any atom is -0.506 e. The van der Waals surface area contributed by atoms with Crippen molar-refractivity contribution in [1.82, 2.24) is 4.90 Å². The molecule has 0 aliphatic carbocycles. The number of ether oxygens (including phenoxy) is 1. The predicted molar refractivity (Wildman–Crippen MR) is 131 cm³/mol. The van der Waals surface area contributed by atoms with Gasteiger partial charge in [0, 0.05) is 19.5 Å². The van der Waals surface area contributed by atoms with Crippen LogP contribution in [0.15, 0.2) is 41.6 Å². The molecule has 0 bridgehead atoms. The van der Waals surface area contributed by atoms with E-state index in [1.165, 1.54) is 12.1 Å². The Bertz CT molecular complexity index is 928. The van der Waals surface area contributed by atoms with Crippen LogP contribution in [0.2, 0.25) is 5.02 Å². The number of phenols is 1. The quantitative estimate of drug-likeness (QED) is 0.338. The van der Waals surface area contributed by atoms with Crippen LogP contribution in [-0.2, 0) is 20.8 Å². The summed E-state index contributed by atoms with van der Waals surface area (Å²) in [6, 6.07) is 2.78. The van der Waals surface area contributed by atoms with Crippen LogP contribution < -0.4 is 0 Å². The monoisotopic (exact) mass is 492 g/mol. The zero-order valence-electron chi connectivity index (χ0n) is 19.7. The number of aliphatic hydroxyl groups excluding tert-OH is 1. The number of fused-ring (bicyclic) bond motifs is 1. The first-order chi connectivity index (χ1) is 16.4. The number of carbonyl (C=O) groups excluding carboxylic acids is 2. The van der Waals surface area contributed by atoms with Gasteiger partial charge in [0.25, 0.3) is 5.91 Å². The van der Waals surface area contributed by atoms with Crippen LogP contribution in [0.1, 0.15) is 55.5 Å². The lowest BCUT2D eigenvalue weighted by Gasteiger charge is -2.19. The molecule has 1 unspecified atom stereocenters. The third-order valence-electron chi connectivity index (χ3n) is 5.25. The van der Waals surface area contributed by atoms with E-state index in [-0.39, 0.29) is 41.9 Å². The highest BCUT2D eigenvalue weighted by Crippen LogP contribution is 2.31. The van der Waals surface area contributed by atoms with E-state index in [2.05, 4.69) is 12.1 Å². The number of hydrogen-bond donors (Lipinski definition) is 2. The SMILES string of the molecule is CCCCN(CC)C(=O)CO/N=C1\C=C\CC(O)/C=C/CCOC(=O)c2ccc(O)c(Cl)c2C1. The molecule has 0 saturated heterocycles. The van der Waals surface area contributed by atoms with E-state index in [4.69, 9.17) is 21.2 Å². The van der Waals surface area contributed by atoms with Gasteiger partial charge >= 0.3 is 5.97 Å². The van der Waals surface area contributed by atoms with Crippen LogP contribution in [0, 0.1) is 0 Å². The van der Waals surface area contributed by atoms with Gasteiger partial charge in [-0.1, -0.05) is 48.3 Å². The van der Waals surface area contributed by atoms with E-state index in [9.17, 15) is 19.8 Å². The van der Waals surface area contributed by atoms with E-state index in [1.807, 2.05) is 6.92 Å². The van der Waals surface area contributed by atoms with Crippen molar-refractivity contribution >= 4 is 29.2 Å². The molecule has 0 saturated carbocycles. The number of halogens is 1. The summed E-state index contributed by atoms with van der Waals surface area (Å²) in [6.45, 7) is 5.10. The van der Waals surface area contributed by atoms with E-state index >= 15 is 0 Å². The predicted octanol–water partition coefficient (Wildman–Crippen LogP) is 4.03. The zero-order chi connectivity index (χ0) is 24.9. The van der Waals surface area contributed by atoms with Gasteiger partial charge in [-0.3, -0.25) is 4.79 Å². The minimum atomic E-state index is -0.713. The van der Waals surface area contributed by atoms with Gasteiger partial charge in [0.05, 0.1) is 29.0 Å². The van der Waals surface area contributed by atoms with Crippen LogP contribution in [-0.4, -0.2) is 65.1 Å². The molecule has 0 radical (unpaired) electrons. The van der Waals surface area contributed by atoms with Crippen molar-refractivity contribution in [2.45, 2.75) is 52.1 Å². The summed E-state index contributed by atoms with van der Waals surface area (Å²) in [4.78, 5) is 32.1. The summed E-state index contributed by atoms with van der Waals surface area (Å²) in [5.74, 6) is -0.941. The second-order valence-electron chi connectivity index (χ2n) is 7.84. The Hall–Kier alpha value is -2.84. The summed E-state index contributed by atoms with van der Waals surface area (Å²) in [5, 5.41) is 24.3. The van der Waals surface area contributed by atoms with Gasteiger partial charge in [-0.15, -0.1) is 0 Å². The van der Waals surface area contributed by atoms with Crippen molar-refractivity contribution in [2.24, 2.45) is 5.16 Å². The molecule has 0 fully saturated rings. The minimum absolute atomic E-state index is 0.00961. The highest BCUT2D eigenvalue weighted by atomic mass is 35.5. The number of benzene rings is 1. The molecule has 8 nitrogen and oxygen atoms in total. The fourth-order valence-electron chi connectivity index (χ4n) is 3.32. The van der Waals surface area contributed by atoms with Gasteiger partial charge in [0.15, 0.2) is 6.61 Å². The molecule has 1 aliphatic rings. The molecule has 2 N–H and O–H groups in total. The molecular weight excluding hydrogens is 460 g/mol. The average Bonchev–Trinajstić information content (AvgIpc) is 2.81. The maximum absolute atomic E-state index is 12.6. The standard InChI is InChI=1S/C25H33ClN2O6/c1-3-5-14-28(4-2)23(31)17-34-27-18-9-8-11-19(29)10-6-7-15-33-25(32)20-12-13-22(30)24(26)21(20)16-18/h6,8-10,12-13,19,29-30H,3-5,7,11,14-17H2,1-2H3/b9-8+,10-6+,27-18+.